The number of thiazole rings is 1. The fourth-order valence-corrected chi connectivity index (χ4v) is 3.13. The van der Waals surface area contributed by atoms with Crippen molar-refractivity contribution in [2.45, 2.75) is 20.3 Å². The fraction of sp³-hybridized carbons (Fsp3) is 0.176. The Bertz CT molecular complexity index is 808. The molecule has 5 heteroatoms. The Balaban J connectivity index is 1.69. The third-order valence-corrected chi connectivity index (χ3v) is 4.32. The molecule has 0 fully saturated rings. The summed E-state index contributed by atoms with van der Waals surface area (Å²) in [5.41, 5.74) is 4.10. The van der Waals surface area contributed by atoms with Crippen molar-refractivity contribution in [1.82, 2.24) is 4.98 Å². The van der Waals surface area contributed by atoms with Crippen molar-refractivity contribution in [3.63, 3.8) is 0 Å². The van der Waals surface area contributed by atoms with E-state index in [0.717, 1.165) is 22.3 Å². The number of nitrogens with zero attached hydrogens (tertiary/aromatic N) is 1. The van der Waals surface area contributed by atoms with E-state index in [-0.39, 0.29) is 6.03 Å². The average Bonchev–Trinajstić information content (AvgIpc) is 2.89. The van der Waals surface area contributed by atoms with Gasteiger partial charge in [-0.3, -0.25) is 5.32 Å². The predicted octanol–water partition coefficient (Wildman–Crippen LogP) is 4.81. The Morgan fingerprint density at radius 3 is 2.64 bits per heavy atom. The van der Waals surface area contributed by atoms with Crippen LogP contribution in [-0.4, -0.2) is 11.0 Å². The van der Waals surface area contributed by atoms with Crippen LogP contribution in [0.4, 0.5) is 15.6 Å². The SMILES string of the molecule is CCc1ccc(NC(=O)Nc2nc3ccc(C)cc3s2)cc1. The van der Waals surface area contributed by atoms with E-state index >= 15 is 0 Å². The number of aryl methyl sites for hydroxylation is 2. The van der Waals surface area contributed by atoms with Gasteiger partial charge in [0.1, 0.15) is 0 Å². The maximum Gasteiger partial charge on any atom is 0.325 e. The van der Waals surface area contributed by atoms with Gasteiger partial charge in [-0.05, 0) is 48.7 Å². The number of amides is 2. The third-order valence-electron chi connectivity index (χ3n) is 3.38. The molecule has 22 heavy (non-hydrogen) atoms. The monoisotopic (exact) mass is 311 g/mol. The van der Waals surface area contributed by atoms with E-state index < -0.39 is 0 Å². The van der Waals surface area contributed by atoms with Gasteiger partial charge in [0.15, 0.2) is 5.13 Å². The van der Waals surface area contributed by atoms with Crippen molar-refractivity contribution < 1.29 is 4.79 Å². The highest BCUT2D eigenvalue weighted by atomic mass is 32.1. The van der Waals surface area contributed by atoms with Crippen LogP contribution in [0.3, 0.4) is 0 Å². The summed E-state index contributed by atoms with van der Waals surface area (Å²) < 4.78 is 1.07. The average molecular weight is 311 g/mol. The second kappa shape index (κ2) is 6.15. The molecule has 112 valence electrons. The molecule has 2 N–H and O–H groups in total. The maximum absolute atomic E-state index is 12.0. The van der Waals surface area contributed by atoms with Gasteiger partial charge in [-0.25, -0.2) is 9.78 Å². The van der Waals surface area contributed by atoms with Gasteiger partial charge in [0.05, 0.1) is 10.2 Å². The number of carbonyl (C=O) groups excluding carboxylic acids is 1. The van der Waals surface area contributed by atoms with Crippen LogP contribution in [0.5, 0.6) is 0 Å². The Morgan fingerprint density at radius 2 is 1.91 bits per heavy atom. The van der Waals surface area contributed by atoms with E-state index in [9.17, 15) is 4.79 Å². The molecule has 3 aromatic rings. The van der Waals surface area contributed by atoms with Gasteiger partial charge in [0.25, 0.3) is 0 Å². The predicted molar refractivity (Wildman–Crippen MR) is 92.8 cm³/mol. The largest absolute Gasteiger partial charge is 0.325 e. The first-order valence-electron chi connectivity index (χ1n) is 7.18. The molecule has 0 bridgehead atoms. The van der Waals surface area contributed by atoms with E-state index in [1.807, 2.05) is 43.3 Å². The topological polar surface area (TPSA) is 54.0 Å². The molecule has 0 aliphatic heterocycles. The number of anilines is 2. The molecular formula is C17H17N3OS. The van der Waals surface area contributed by atoms with Gasteiger partial charge in [-0.2, -0.15) is 0 Å². The highest BCUT2D eigenvalue weighted by molar-refractivity contribution is 7.22. The lowest BCUT2D eigenvalue weighted by molar-refractivity contribution is 0.262. The van der Waals surface area contributed by atoms with Crippen LogP contribution in [0.15, 0.2) is 42.5 Å². The van der Waals surface area contributed by atoms with Gasteiger partial charge in [0, 0.05) is 5.69 Å². The van der Waals surface area contributed by atoms with E-state index in [4.69, 9.17) is 0 Å². The lowest BCUT2D eigenvalue weighted by Gasteiger charge is -2.05. The summed E-state index contributed by atoms with van der Waals surface area (Å²) in [5, 5.41) is 6.20. The van der Waals surface area contributed by atoms with E-state index in [0.29, 0.717) is 5.13 Å². The molecule has 0 saturated heterocycles. The van der Waals surface area contributed by atoms with E-state index in [1.165, 1.54) is 22.5 Å². The van der Waals surface area contributed by atoms with Gasteiger partial charge in [0.2, 0.25) is 0 Å². The molecule has 0 unspecified atom stereocenters. The Morgan fingerprint density at radius 1 is 1.14 bits per heavy atom. The molecule has 2 aromatic carbocycles. The minimum Gasteiger partial charge on any atom is -0.308 e. The summed E-state index contributed by atoms with van der Waals surface area (Å²) >= 11 is 1.47. The number of carbonyl (C=O) groups is 1. The zero-order chi connectivity index (χ0) is 15.5. The Kier molecular flexibility index (Phi) is 4.06. The molecule has 0 aliphatic carbocycles. The Labute approximate surface area is 133 Å². The second-order valence-electron chi connectivity index (χ2n) is 5.12. The first-order valence-corrected chi connectivity index (χ1v) is 8.00. The first kappa shape index (κ1) is 14.5. The zero-order valence-electron chi connectivity index (χ0n) is 12.5. The third kappa shape index (κ3) is 3.26. The first-order chi connectivity index (χ1) is 10.6. The number of benzene rings is 2. The van der Waals surface area contributed by atoms with Gasteiger partial charge >= 0.3 is 6.03 Å². The van der Waals surface area contributed by atoms with E-state index in [1.54, 1.807) is 0 Å². The quantitative estimate of drug-likeness (QED) is 0.729. The summed E-state index contributed by atoms with van der Waals surface area (Å²) in [5.74, 6) is 0. The normalized spacial score (nSPS) is 10.6. The molecule has 3 rings (SSSR count). The van der Waals surface area contributed by atoms with Crippen molar-refractivity contribution in [1.29, 1.82) is 0 Å². The fourth-order valence-electron chi connectivity index (χ4n) is 2.17. The molecule has 1 aromatic heterocycles. The summed E-state index contributed by atoms with van der Waals surface area (Å²) in [6.07, 6.45) is 0.984. The number of nitrogens with one attached hydrogen (secondary N) is 2. The summed E-state index contributed by atoms with van der Waals surface area (Å²) in [4.78, 5) is 16.4. The van der Waals surface area contributed by atoms with Gasteiger partial charge in [-0.15, -0.1) is 0 Å². The van der Waals surface area contributed by atoms with Crippen LogP contribution in [-0.2, 0) is 6.42 Å². The smallest absolute Gasteiger partial charge is 0.308 e. The lowest BCUT2D eigenvalue weighted by Crippen LogP contribution is -2.19. The molecule has 0 radical (unpaired) electrons. The number of rotatable bonds is 3. The number of fused-ring (bicyclic) bond motifs is 1. The molecule has 4 nitrogen and oxygen atoms in total. The molecule has 2 amide bonds. The van der Waals surface area contributed by atoms with Gasteiger partial charge in [-0.1, -0.05) is 36.5 Å². The molecule has 0 aliphatic rings. The second-order valence-corrected chi connectivity index (χ2v) is 6.15. The molecule has 0 atom stereocenters. The minimum absolute atomic E-state index is 0.278. The number of hydrogen-bond donors (Lipinski definition) is 2. The Hall–Kier alpha value is -2.40. The van der Waals surface area contributed by atoms with Crippen LogP contribution in [0.1, 0.15) is 18.1 Å². The standard InChI is InChI=1S/C17H17N3OS/c1-3-12-5-7-13(8-6-12)18-16(21)20-17-19-14-9-4-11(2)10-15(14)22-17/h4-10H,3H2,1-2H3,(H2,18,19,20,21). The maximum atomic E-state index is 12.0. The van der Waals surface area contributed by atoms with Crippen molar-refractivity contribution in [3.8, 4) is 0 Å². The zero-order valence-corrected chi connectivity index (χ0v) is 13.3. The lowest BCUT2D eigenvalue weighted by atomic mass is 10.1. The van der Waals surface area contributed by atoms with Crippen LogP contribution >= 0.6 is 11.3 Å². The van der Waals surface area contributed by atoms with Crippen molar-refractivity contribution >= 4 is 38.4 Å². The van der Waals surface area contributed by atoms with Crippen molar-refractivity contribution in [2.24, 2.45) is 0 Å². The molecule has 0 saturated carbocycles. The van der Waals surface area contributed by atoms with Crippen molar-refractivity contribution in [3.05, 3.63) is 53.6 Å². The van der Waals surface area contributed by atoms with E-state index in [2.05, 4.69) is 28.6 Å². The van der Waals surface area contributed by atoms with Crippen LogP contribution in [0.2, 0.25) is 0 Å². The summed E-state index contributed by atoms with van der Waals surface area (Å²) in [6, 6.07) is 13.6. The molecule has 0 spiro atoms. The van der Waals surface area contributed by atoms with Gasteiger partial charge < -0.3 is 5.32 Å². The van der Waals surface area contributed by atoms with Crippen LogP contribution in [0, 0.1) is 6.92 Å². The number of urea groups is 1. The number of hydrogen-bond acceptors (Lipinski definition) is 3. The van der Waals surface area contributed by atoms with Crippen LogP contribution < -0.4 is 10.6 Å². The number of aromatic nitrogens is 1. The highest BCUT2D eigenvalue weighted by Crippen LogP contribution is 2.26. The summed E-state index contributed by atoms with van der Waals surface area (Å²) in [6.45, 7) is 4.14. The van der Waals surface area contributed by atoms with Crippen molar-refractivity contribution in [2.75, 3.05) is 10.6 Å². The van der Waals surface area contributed by atoms with Crippen LogP contribution in [0.25, 0.3) is 10.2 Å². The highest BCUT2D eigenvalue weighted by Gasteiger charge is 2.08. The summed E-state index contributed by atoms with van der Waals surface area (Å²) in [7, 11) is 0. The molecule has 1 heterocycles. The molecular weight excluding hydrogens is 294 g/mol. The minimum atomic E-state index is -0.278.